The molecule has 0 aromatic carbocycles. The van der Waals surface area contributed by atoms with E-state index in [1.54, 1.807) is 6.08 Å². The van der Waals surface area contributed by atoms with Crippen molar-refractivity contribution in [1.82, 2.24) is 5.32 Å². The summed E-state index contributed by atoms with van der Waals surface area (Å²) in [5.41, 5.74) is -0.515. The average molecular weight is 247 g/mol. The molecular formula is C12H16F3NO. The smallest absolute Gasteiger partial charge is 0.416 e. The van der Waals surface area contributed by atoms with Gasteiger partial charge in [0.2, 0.25) is 0 Å². The van der Waals surface area contributed by atoms with Crippen molar-refractivity contribution < 1.29 is 17.9 Å². The fourth-order valence-corrected chi connectivity index (χ4v) is 2.13. The summed E-state index contributed by atoms with van der Waals surface area (Å²) >= 11 is 0. The first kappa shape index (κ1) is 12.5. The largest absolute Gasteiger partial charge is 0.490 e. The molecule has 1 saturated heterocycles. The SMILES string of the molecule is FC(F)(F)C1=C(OC2CCNCC2)C=CCC1. The van der Waals surface area contributed by atoms with Crippen molar-refractivity contribution in [3.8, 4) is 0 Å². The first-order chi connectivity index (χ1) is 8.07. The van der Waals surface area contributed by atoms with Crippen molar-refractivity contribution in [2.24, 2.45) is 0 Å². The maximum Gasteiger partial charge on any atom is 0.416 e. The molecule has 0 aromatic rings. The molecule has 2 rings (SSSR count). The van der Waals surface area contributed by atoms with Crippen molar-refractivity contribution >= 4 is 0 Å². The fraction of sp³-hybridized carbons (Fsp3) is 0.667. The van der Waals surface area contributed by atoms with E-state index in [0.717, 1.165) is 25.9 Å². The molecule has 0 bridgehead atoms. The predicted octanol–water partition coefficient (Wildman–Crippen LogP) is 2.92. The Morgan fingerprint density at radius 1 is 1.24 bits per heavy atom. The second-order valence-electron chi connectivity index (χ2n) is 4.35. The van der Waals surface area contributed by atoms with Gasteiger partial charge in [0.05, 0.1) is 5.57 Å². The third-order valence-corrected chi connectivity index (χ3v) is 3.05. The molecule has 0 atom stereocenters. The Balaban J connectivity index is 2.09. The summed E-state index contributed by atoms with van der Waals surface area (Å²) in [5.74, 6) is 0.0238. The van der Waals surface area contributed by atoms with Crippen molar-refractivity contribution in [3.05, 3.63) is 23.5 Å². The Kier molecular flexibility index (Phi) is 3.76. The lowest BCUT2D eigenvalue weighted by atomic mass is 10.0. The topological polar surface area (TPSA) is 21.3 Å². The van der Waals surface area contributed by atoms with Gasteiger partial charge in [-0.25, -0.2) is 0 Å². The van der Waals surface area contributed by atoms with E-state index in [-0.39, 0.29) is 18.3 Å². The normalized spacial score (nSPS) is 23.0. The first-order valence-corrected chi connectivity index (χ1v) is 5.91. The predicted molar refractivity (Wildman–Crippen MR) is 58.4 cm³/mol. The summed E-state index contributed by atoms with van der Waals surface area (Å²) in [5, 5.41) is 3.16. The number of nitrogens with one attached hydrogen (secondary N) is 1. The molecule has 96 valence electrons. The van der Waals surface area contributed by atoms with Crippen LogP contribution >= 0.6 is 0 Å². The minimum atomic E-state index is -4.27. The van der Waals surface area contributed by atoms with E-state index in [0.29, 0.717) is 6.42 Å². The molecule has 1 aliphatic carbocycles. The molecular weight excluding hydrogens is 231 g/mol. The molecule has 1 N–H and O–H groups in total. The summed E-state index contributed by atoms with van der Waals surface area (Å²) in [6.45, 7) is 1.62. The Labute approximate surface area is 98.5 Å². The van der Waals surface area contributed by atoms with Crippen molar-refractivity contribution in [2.45, 2.75) is 38.0 Å². The van der Waals surface area contributed by atoms with E-state index in [9.17, 15) is 13.2 Å². The zero-order valence-electron chi connectivity index (χ0n) is 9.52. The van der Waals surface area contributed by atoms with E-state index in [1.165, 1.54) is 6.08 Å². The molecule has 0 amide bonds. The van der Waals surface area contributed by atoms with Crippen molar-refractivity contribution in [3.63, 3.8) is 0 Å². The monoisotopic (exact) mass is 247 g/mol. The van der Waals surface area contributed by atoms with Crippen molar-refractivity contribution in [1.29, 1.82) is 0 Å². The van der Waals surface area contributed by atoms with Gasteiger partial charge >= 0.3 is 6.18 Å². The molecule has 2 aliphatic rings. The molecule has 0 spiro atoms. The number of rotatable bonds is 2. The van der Waals surface area contributed by atoms with E-state index < -0.39 is 11.7 Å². The first-order valence-electron chi connectivity index (χ1n) is 5.91. The van der Waals surface area contributed by atoms with Crippen LogP contribution in [0.3, 0.4) is 0 Å². The van der Waals surface area contributed by atoms with Crippen LogP contribution in [0.5, 0.6) is 0 Å². The Morgan fingerprint density at radius 3 is 2.59 bits per heavy atom. The van der Waals surface area contributed by atoms with E-state index in [2.05, 4.69) is 5.32 Å². The van der Waals surface area contributed by atoms with Gasteiger partial charge in [0.1, 0.15) is 11.9 Å². The van der Waals surface area contributed by atoms with E-state index >= 15 is 0 Å². The lowest BCUT2D eigenvalue weighted by Crippen LogP contribution is -2.33. The fourth-order valence-electron chi connectivity index (χ4n) is 2.13. The zero-order chi connectivity index (χ0) is 12.3. The lowest BCUT2D eigenvalue weighted by molar-refractivity contribution is -0.0987. The standard InChI is InChI=1S/C12H16F3NO/c13-12(14,15)10-3-1-2-4-11(10)17-9-5-7-16-8-6-9/h2,4,9,16H,1,3,5-8H2. The Bertz CT molecular complexity index is 327. The van der Waals surface area contributed by atoms with Crippen LogP contribution in [0.15, 0.2) is 23.5 Å². The number of ether oxygens (including phenoxy) is 1. The molecule has 0 aromatic heterocycles. The Hall–Kier alpha value is -0.970. The van der Waals surface area contributed by atoms with Crippen LogP contribution in [-0.2, 0) is 4.74 Å². The van der Waals surface area contributed by atoms with Crippen LogP contribution in [0, 0.1) is 0 Å². The van der Waals surface area contributed by atoms with Crippen LogP contribution in [0.25, 0.3) is 0 Å². The molecule has 0 saturated carbocycles. The van der Waals surface area contributed by atoms with Gasteiger partial charge in [0, 0.05) is 0 Å². The minimum absolute atomic E-state index is 0.0238. The molecule has 0 radical (unpaired) electrons. The van der Waals surface area contributed by atoms with Gasteiger partial charge in [-0.05, 0) is 44.8 Å². The lowest BCUT2D eigenvalue weighted by Gasteiger charge is -2.27. The third-order valence-electron chi connectivity index (χ3n) is 3.05. The van der Waals surface area contributed by atoms with Crippen LogP contribution < -0.4 is 5.32 Å². The molecule has 2 nitrogen and oxygen atoms in total. The number of allylic oxidation sites excluding steroid dienone is 3. The molecule has 1 fully saturated rings. The quantitative estimate of drug-likeness (QED) is 0.810. The van der Waals surface area contributed by atoms with Crippen molar-refractivity contribution in [2.75, 3.05) is 13.1 Å². The number of piperidine rings is 1. The van der Waals surface area contributed by atoms with E-state index in [4.69, 9.17) is 4.74 Å². The summed E-state index contributed by atoms with van der Waals surface area (Å²) in [4.78, 5) is 0. The zero-order valence-corrected chi connectivity index (χ0v) is 9.52. The van der Waals surface area contributed by atoms with Gasteiger partial charge in [0.15, 0.2) is 0 Å². The molecule has 1 aliphatic heterocycles. The third kappa shape index (κ3) is 3.25. The number of hydrogen-bond acceptors (Lipinski definition) is 2. The Morgan fingerprint density at radius 2 is 1.94 bits per heavy atom. The second kappa shape index (κ2) is 5.12. The van der Waals surface area contributed by atoms with Gasteiger partial charge in [-0.1, -0.05) is 6.08 Å². The van der Waals surface area contributed by atoms with Gasteiger partial charge < -0.3 is 10.1 Å². The maximum absolute atomic E-state index is 12.8. The van der Waals surface area contributed by atoms with Gasteiger partial charge in [-0.2, -0.15) is 13.2 Å². The van der Waals surface area contributed by atoms with E-state index in [1.807, 2.05) is 0 Å². The highest BCUT2D eigenvalue weighted by Gasteiger charge is 2.37. The summed E-state index contributed by atoms with van der Waals surface area (Å²) in [7, 11) is 0. The van der Waals surface area contributed by atoms with Gasteiger partial charge in [-0.3, -0.25) is 0 Å². The summed E-state index contributed by atoms with van der Waals surface area (Å²) in [6, 6.07) is 0. The summed E-state index contributed by atoms with van der Waals surface area (Å²) in [6.07, 6.45) is 0.845. The van der Waals surface area contributed by atoms with Crippen LogP contribution in [0.2, 0.25) is 0 Å². The number of hydrogen-bond donors (Lipinski definition) is 1. The van der Waals surface area contributed by atoms with Gasteiger partial charge in [0.25, 0.3) is 0 Å². The highest BCUT2D eigenvalue weighted by molar-refractivity contribution is 5.28. The second-order valence-corrected chi connectivity index (χ2v) is 4.35. The number of halogens is 3. The molecule has 1 heterocycles. The highest BCUT2D eigenvalue weighted by atomic mass is 19.4. The van der Waals surface area contributed by atoms with Crippen LogP contribution in [0.4, 0.5) is 13.2 Å². The summed E-state index contributed by atoms with van der Waals surface area (Å²) < 4.78 is 43.8. The maximum atomic E-state index is 12.8. The molecule has 5 heteroatoms. The average Bonchev–Trinajstić information content (AvgIpc) is 2.30. The van der Waals surface area contributed by atoms with Gasteiger partial charge in [-0.15, -0.1) is 0 Å². The van der Waals surface area contributed by atoms with Crippen LogP contribution in [-0.4, -0.2) is 25.4 Å². The number of alkyl halides is 3. The highest BCUT2D eigenvalue weighted by Crippen LogP contribution is 2.35. The molecule has 0 unspecified atom stereocenters. The molecule has 17 heavy (non-hydrogen) atoms. The van der Waals surface area contributed by atoms with Crippen LogP contribution in [0.1, 0.15) is 25.7 Å². The minimum Gasteiger partial charge on any atom is -0.490 e.